The number of carbonyl (C=O) groups is 2. The summed E-state index contributed by atoms with van der Waals surface area (Å²) >= 11 is 0. The number of nitrogens with one attached hydrogen (secondary N) is 1. The molecule has 0 saturated carbocycles. The topological polar surface area (TPSA) is 102 Å². The summed E-state index contributed by atoms with van der Waals surface area (Å²) in [6, 6.07) is 5.01. The van der Waals surface area contributed by atoms with E-state index < -0.39 is 27.0 Å². The van der Waals surface area contributed by atoms with E-state index in [0.29, 0.717) is 5.92 Å². The summed E-state index contributed by atoms with van der Waals surface area (Å²) in [6.45, 7) is 7.08. The van der Waals surface area contributed by atoms with Gasteiger partial charge in [0.05, 0.1) is 36.1 Å². The lowest BCUT2D eigenvalue weighted by Crippen LogP contribution is -2.34. The summed E-state index contributed by atoms with van der Waals surface area (Å²) in [5.41, 5.74) is 0.836. The van der Waals surface area contributed by atoms with Crippen LogP contribution in [0.15, 0.2) is 34.9 Å². The fraction of sp³-hybridized carbons (Fsp3) is 0.524. The van der Waals surface area contributed by atoms with E-state index in [4.69, 9.17) is 4.74 Å². The fourth-order valence-corrected chi connectivity index (χ4v) is 4.50. The van der Waals surface area contributed by atoms with Crippen LogP contribution in [0.4, 0.5) is 11.4 Å². The number of methoxy groups -OCH3 is 2. The van der Waals surface area contributed by atoms with Crippen LogP contribution < -0.4 is 10.2 Å². The lowest BCUT2D eigenvalue weighted by atomic mass is 10.00. The van der Waals surface area contributed by atoms with Gasteiger partial charge >= 0.3 is 11.9 Å². The number of hydrogen-bond acceptors (Lipinski definition) is 8. The van der Waals surface area contributed by atoms with Gasteiger partial charge in [-0.1, -0.05) is 6.92 Å². The van der Waals surface area contributed by atoms with Crippen molar-refractivity contribution in [1.29, 1.82) is 0 Å². The first-order valence-electron chi connectivity index (χ1n) is 9.88. The fourth-order valence-electron chi connectivity index (χ4n) is 3.32. The average Bonchev–Trinajstić information content (AvgIpc) is 2.72. The molecular formula is C21H30N2O6S. The molecule has 1 saturated heterocycles. The predicted molar refractivity (Wildman–Crippen MR) is 115 cm³/mol. The summed E-state index contributed by atoms with van der Waals surface area (Å²) in [4.78, 5) is 26.1. The van der Waals surface area contributed by atoms with Crippen LogP contribution in [0.25, 0.3) is 0 Å². The summed E-state index contributed by atoms with van der Waals surface area (Å²) in [6.07, 6.45) is 3.13. The van der Waals surface area contributed by atoms with E-state index in [1.807, 2.05) is 0 Å². The number of esters is 2. The molecule has 0 spiro atoms. The van der Waals surface area contributed by atoms with Gasteiger partial charge in [0, 0.05) is 18.8 Å². The number of ether oxygens (including phenoxy) is 2. The van der Waals surface area contributed by atoms with E-state index in [1.165, 1.54) is 14.2 Å². The van der Waals surface area contributed by atoms with Gasteiger partial charge in [-0.3, -0.25) is 0 Å². The number of hydrogen-bond donors (Lipinski definition) is 1. The predicted octanol–water partition coefficient (Wildman–Crippen LogP) is 2.75. The third-order valence-corrected chi connectivity index (χ3v) is 7.26. The quantitative estimate of drug-likeness (QED) is 0.512. The Morgan fingerprint density at radius 3 is 2.50 bits per heavy atom. The molecule has 30 heavy (non-hydrogen) atoms. The molecule has 2 rings (SSSR count). The van der Waals surface area contributed by atoms with E-state index >= 15 is 0 Å². The van der Waals surface area contributed by atoms with Gasteiger partial charge in [0.1, 0.15) is 5.70 Å². The number of sulfone groups is 1. The van der Waals surface area contributed by atoms with E-state index in [2.05, 4.69) is 21.9 Å². The number of nitrogens with zero attached hydrogens (tertiary/aromatic N) is 1. The minimum atomic E-state index is -3.65. The van der Waals surface area contributed by atoms with Crippen LogP contribution in [-0.4, -0.2) is 52.9 Å². The Bertz CT molecular complexity index is 923. The molecule has 1 aromatic rings. The Kier molecular flexibility index (Phi) is 7.89. The SMILES string of the molecule is COC(=O)/C=C(/Nc1cc(N2CCCC(C)C2)ccc1S(=O)(=O)C(C)C)C(=O)OC. The molecular weight excluding hydrogens is 408 g/mol. The molecule has 166 valence electrons. The molecule has 0 aromatic heterocycles. The van der Waals surface area contributed by atoms with Crippen molar-refractivity contribution in [3.8, 4) is 0 Å². The number of carbonyl (C=O) groups excluding carboxylic acids is 2. The third kappa shape index (κ3) is 5.53. The maximum absolute atomic E-state index is 12.9. The number of piperidine rings is 1. The molecule has 1 aromatic carbocycles. The first kappa shape index (κ1) is 23.7. The Hall–Kier alpha value is -2.55. The highest BCUT2D eigenvalue weighted by molar-refractivity contribution is 7.92. The second-order valence-electron chi connectivity index (χ2n) is 7.67. The normalized spacial score (nSPS) is 17.6. The molecule has 9 heteroatoms. The zero-order valence-corrected chi connectivity index (χ0v) is 18.9. The van der Waals surface area contributed by atoms with Gasteiger partial charge in [0.2, 0.25) is 0 Å². The molecule has 1 aliphatic heterocycles. The lowest BCUT2D eigenvalue weighted by Gasteiger charge is -2.33. The molecule has 0 amide bonds. The van der Waals surface area contributed by atoms with Crippen molar-refractivity contribution in [1.82, 2.24) is 0 Å². The second-order valence-corrected chi connectivity index (χ2v) is 10.1. The van der Waals surface area contributed by atoms with E-state index in [1.54, 1.807) is 32.0 Å². The first-order chi connectivity index (χ1) is 14.1. The van der Waals surface area contributed by atoms with Crippen LogP contribution >= 0.6 is 0 Å². The zero-order valence-electron chi connectivity index (χ0n) is 18.1. The molecule has 0 radical (unpaired) electrons. The zero-order chi connectivity index (χ0) is 22.5. The maximum Gasteiger partial charge on any atom is 0.354 e. The Balaban J connectivity index is 2.56. The maximum atomic E-state index is 12.9. The lowest BCUT2D eigenvalue weighted by molar-refractivity contribution is -0.138. The van der Waals surface area contributed by atoms with Crippen molar-refractivity contribution < 1.29 is 27.5 Å². The van der Waals surface area contributed by atoms with Crippen LogP contribution in [0.2, 0.25) is 0 Å². The van der Waals surface area contributed by atoms with Crippen molar-refractivity contribution in [3.05, 3.63) is 30.0 Å². The standard InChI is InChI=1S/C21H30N2O6S/c1-14(2)30(26,27)19-9-8-16(23-10-6-7-15(3)13-23)11-17(19)22-18(21(25)29-5)12-20(24)28-4/h8-9,11-12,14-15,22H,6-7,10,13H2,1-5H3/b18-12+. The third-order valence-electron chi connectivity index (χ3n) is 5.05. The molecule has 1 fully saturated rings. The first-order valence-corrected chi connectivity index (χ1v) is 11.4. The Labute approximate surface area is 178 Å². The molecule has 8 nitrogen and oxygen atoms in total. The highest BCUT2D eigenvalue weighted by Crippen LogP contribution is 2.32. The van der Waals surface area contributed by atoms with Crippen molar-refractivity contribution >= 4 is 33.2 Å². The monoisotopic (exact) mass is 438 g/mol. The number of anilines is 2. The van der Waals surface area contributed by atoms with Gasteiger partial charge in [0.25, 0.3) is 0 Å². The molecule has 1 atom stereocenters. The van der Waals surface area contributed by atoms with E-state index in [9.17, 15) is 18.0 Å². The van der Waals surface area contributed by atoms with Gasteiger partial charge in [0.15, 0.2) is 9.84 Å². The highest BCUT2D eigenvalue weighted by Gasteiger charge is 2.26. The van der Waals surface area contributed by atoms with E-state index in [0.717, 1.165) is 37.7 Å². The molecule has 1 heterocycles. The van der Waals surface area contributed by atoms with Crippen LogP contribution in [0.3, 0.4) is 0 Å². The molecule has 0 aliphatic carbocycles. The van der Waals surface area contributed by atoms with Crippen molar-refractivity contribution in [2.24, 2.45) is 5.92 Å². The molecule has 1 unspecified atom stereocenters. The summed E-state index contributed by atoms with van der Waals surface area (Å²) < 4.78 is 35.1. The van der Waals surface area contributed by atoms with Gasteiger partial charge in [-0.05, 0) is 50.8 Å². The smallest absolute Gasteiger partial charge is 0.354 e. The van der Waals surface area contributed by atoms with Gasteiger partial charge < -0.3 is 19.7 Å². The Morgan fingerprint density at radius 2 is 1.93 bits per heavy atom. The average molecular weight is 439 g/mol. The Morgan fingerprint density at radius 1 is 1.23 bits per heavy atom. The van der Waals surface area contributed by atoms with Crippen molar-refractivity contribution in [3.63, 3.8) is 0 Å². The van der Waals surface area contributed by atoms with E-state index in [-0.39, 0.29) is 16.3 Å². The largest absolute Gasteiger partial charge is 0.466 e. The van der Waals surface area contributed by atoms with Gasteiger partial charge in [-0.25, -0.2) is 18.0 Å². The minimum Gasteiger partial charge on any atom is -0.466 e. The highest BCUT2D eigenvalue weighted by atomic mass is 32.2. The van der Waals surface area contributed by atoms with Crippen LogP contribution in [-0.2, 0) is 28.9 Å². The summed E-state index contributed by atoms with van der Waals surface area (Å²) in [7, 11) is -1.30. The summed E-state index contributed by atoms with van der Waals surface area (Å²) in [5, 5.41) is 2.13. The second kappa shape index (κ2) is 9.97. The van der Waals surface area contributed by atoms with Crippen LogP contribution in [0, 0.1) is 5.92 Å². The van der Waals surface area contributed by atoms with Crippen molar-refractivity contribution in [2.75, 3.05) is 37.5 Å². The minimum absolute atomic E-state index is 0.0472. The number of rotatable bonds is 7. The van der Waals surface area contributed by atoms with Crippen LogP contribution in [0.1, 0.15) is 33.6 Å². The van der Waals surface area contributed by atoms with Crippen molar-refractivity contribution in [2.45, 2.75) is 43.8 Å². The molecule has 1 aliphatic rings. The van der Waals surface area contributed by atoms with Gasteiger partial charge in [-0.2, -0.15) is 0 Å². The van der Waals surface area contributed by atoms with Crippen LogP contribution in [0.5, 0.6) is 0 Å². The number of benzene rings is 1. The summed E-state index contributed by atoms with van der Waals surface area (Å²) in [5.74, 6) is -1.05. The van der Waals surface area contributed by atoms with Gasteiger partial charge in [-0.15, -0.1) is 0 Å². The molecule has 1 N–H and O–H groups in total. The molecule has 0 bridgehead atoms.